The molecule has 5 heteroatoms. The van der Waals surface area contributed by atoms with Gasteiger partial charge in [-0.3, -0.25) is 0 Å². The van der Waals surface area contributed by atoms with Crippen LogP contribution in [0.3, 0.4) is 0 Å². The van der Waals surface area contributed by atoms with E-state index >= 15 is 0 Å². The number of rotatable bonds is 3. The largest absolute Gasteiger partial charge is 0.221 e. The summed E-state index contributed by atoms with van der Waals surface area (Å²) in [6, 6.07) is 0. The first kappa shape index (κ1) is 12.2. The molecule has 0 saturated heterocycles. The Morgan fingerprint density at radius 3 is 2.11 bits per heavy atom. The van der Waals surface area contributed by atoms with Crippen LogP contribution >= 0.6 is 0 Å². The monoisotopic (exact) mass is 243 g/mol. The summed E-state index contributed by atoms with van der Waals surface area (Å²) < 4.78 is 10.9. The first-order valence-electron chi connectivity index (χ1n) is 2.63. The molecule has 0 aromatic rings. The molecule has 0 unspecified atom stereocenters. The Morgan fingerprint density at radius 2 is 2.00 bits per heavy atom. The third kappa shape index (κ3) is 29.4. The zero-order valence-electron chi connectivity index (χ0n) is 5.33. The molecule has 2 N–H and O–H groups in total. The first-order valence-corrected chi connectivity index (χ1v) is 5.81. The minimum Gasteiger partial charge on any atom is -0.221 e. The van der Waals surface area contributed by atoms with Crippen LogP contribution in [0.1, 0.15) is 19.8 Å². The predicted molar refractivity (Wildman–Crippen MR) is 32.5 cm³/mol. The van der Waals surface area contributed by atoms with E-state index in [9.17, 15) is 3.08 Å². The molecule has 0 aromatic carbocycles. The normalized spacial score (nSPS) is 7.44. The van der Waals surface area contributed by atoms with Gasteiger partial charge in [0.25, 0.3) is 0 Å². The minimum atomic E-state index is -1.06. The summed E-state index contributed by atoms with van der Waals surface area (Å²) in [5.41, 5.74) is 0. The van der Waals surface area contributed by atoms with E-state index in [4.69, 9.17) is 10.5 Å². The van der Waals surface area contributed by atoms with Crippen molar-refractivity contribution in [1.82, 2.24) is 0 Å². The van der Waals surface area contributed by atoms with Crippen molar-refractivity contribution in [2.24, 2.45) is 0 Å². The van der Waals surface area contributed by atoms with Gasteiger partial charge >= 0.3 is 48.4 Å². The molecular weight excluding hydrogens is 231 g/mol. The third-order valence-corrected chi connectivity index (χ3v) is 2.22. The molecule has 9 heavy (non-hydrogen) atoms. The smallest absolute Gasteiger partial charge is 0.0737 e. The van der Waals surface area contributed by atoms with Crippen molar-refractivity contribution in [3.05, 3.63) is 0 Å². The molecule has 0 aliphatic carbocycles. The quantitative estimate of drug-likeness (QED) is 0.337. The van der Waals surface area contributed by atoms with E-state index in [1.807, 2.05) is 0 Å². The molecule has 0 amide bonds. The molecule has 0 fully saturated rings. The average Bonchev–Trinajstić information content (AvgIpc) is 1.86. The van der Waals surface area contributed by atoms with Crippen LogP contribution in [0.4, 0.5) is 0 Å². The minimum absolute atomic E-state index is 1.03. The van der Waals surface area contributed by atoms with Gasteiger partial charge in [-0.1, -0.05) is 5.04 Å². The van der Waals surface area contributed by atoms with E-state index in [1.54, 1.807) is 0 Å². The summed E-state index contributed by atoms with van der Waals surface area (Å²) in [5.74, 6) is 0. The molecule has 1 radical (unpaired) electrons. The molecular formula is C4H11O4Sn. The maximum atomic E-state index is 9.86. The molecule has 0 rings (SSSR count). The Morgan fingerprint density at radius 1 is 1.56 bits per heavy atom. The van der Waals surface area contributed by atoms with Crippen molar-refractivity contribution < 1.29 is 18.6 Å². The van der Waals surface area contributed by atoms with Gasteiger partial charge in [-0.15, -0.1) is 0 Å². The molecule has 0 spiro atoms. The molecule has 0 aromatic heterocycles. The van der Waals surface area contributed by atoms with Crippen LogP contribution in [0.5, 0.6) is 0 Å². The van der Waals surface area contributed by atoms with Crippen LogP contribution in [-0.2, 0) is 8.12 Å². The zero-order valence-corrected chi connectivity index (χ0v) is 8.19. The van der Waals surface area contributed by atoms with Crippen molar-refractivity contribution in [3.8, 4) is 0 Å². The first-order chi connectivity index (χ1) is 4.33. The van der Waals surface area contributed by atoms with Crippen molar-refractivity contribution in [3.63, 3.8) is 0 Å². The molecule has 0 heterocycles. The number of hydrogen-bond donors (Lipinski definition) is 2. The van der Waals surface area contributed by atoms with Gasteiger partial charge in [0.1, 0.15) is 0 Å². The topological polar surface area (TPSA) is 66.8 Å². The van der Waals surface area contributed by atoms with Gasteiger partial charge < -0.3 is 0 Å². The summed E-state index contributed by atoms with van der Waals surface area (Å²) in [6.45, 7) is 2.12. The zero-order chi connectivity index (χ0) is 7.54. The van der Waals surface area contributed by atoms with Crippen molar-refractivity contribution in [2.45, 2.75) is 24.2 Å². The summed E-state index contributed by atoms with van der Waals surface area (Å²) in [7, 11) is 0. The van der Waals surface area contributed by atoms with Crippen LogP contribution in [0, 0.1) is 0 Å². The molecule has 0 aliphatic rings. The molecule has 55 valence electrons. The van der Waals surface area contributed by atoms with E-state index in [0.29, 0.717) is 0 Å². The Hall–Kier alpha value is 0.479. The van der Waals surface area contributed by atoms with Crippen LogP contribution in [0.15, 0.2) is 0 Å². The Labute approximate surface area is 64.3 Å². The number of hydrogen-bond acceptors (Lipinski definition) is 4. The van der Waals surface area contributed by atoms with Crippen LogP contribution in [-0.4, -0.2) is 31.6 Å². The molecule has 0 aliphatic heterocycles. The van der Waals surface area contributed by atoms with Gasteiger partial charge in [0, 0.05) is 0 Å². The molecule has 0 atom stereocenters. The second kappa shape index (κ2) is 15.8. The SMILES string of the molecule is CCC[CH2][Sn]=[O].OOO. The molecule has 0 bridgehead atoms. The summed E-state index contributed by atoms with van der Waals surface area (Å²) >= 11 is -1.06. The second-order valence-electron chi connectivity index (χ2n) is 1.33. The summed E-state index contributed by atoms with van der Waals surface area (Å²) in [4.78, 5) is 0. The van der Waals surface area contributed by atoms with E-state index in [0.717, 1.165) is 4.44 Å². The van der Waals surface area contributed by atoms with Crippen molar-refractivity contribution >= 4 is 21.1 Å². The fourth-order valence-electron chi connectivity index (χ4n) is 0.249. The van der Waals surface area contributed by atoms with Gasteiger partial charge in [-0.25, -0.2) is 10.5 Å². The summed E-state index contributed by atoms with van der Waals surface area (Å²) in [6.07, 6.45) is 2.37. The van der Waals surface area contributed by atoms with E-state index in [1.165, 1.54) is 12.8 Å². The predicted octanol–water partition coefficient (Wildman–Crippen LogP) is 1.20. The average molecular weight is 242 g/mol. The van der Waals surface area contributed by atoms with Gasteiger partial charge in [0.15, 0.2) is 0 Å². The summed E-state index contributed by atoms with van der Waals surface area (Å²) in [5, 5.41) is 15.5. The maximum absolute atomic E-state index is 9.86. The maximum Gasteiger partial charge on any atom is -0.0737 e. The van der Waals surface area contributed by atoms with Crippen LogP contribution in [0.25, 0.3) is 0 Å². The van der Waals surface area contributed by atoms with Crippen molar-refractivity contribution in [2.75, 3.05) is 0 Å². The fraction of sp³-hybridized carbons (Fsp3) is 1.00. The van der Waals surface area contributed by atoms with Gasteiger partial charge in [-0.05, 0) is 0 Å². The van der Waals surface area contributed by atoms with Gasteiger partial charge in [0.2, 0.25) is 0 Å². The Balaban J connectivity index is 0. The van der Waals surface area contributed by atoms with Gasteiger partial charge in [-0.2, -0.15) is 0 Å². The van der Waals surface area contributed by atoms with Crippen LogP contribution in [0.2, 0.25) is 4.44 Å². The van der Waals surface area contributed by atoms with E-state index in [-0.39, 0.29) is 0 Å². The number of unbranched alkanes of at least 4 members (excludes halogenated alkanes) is 1. The van der Waals surface area contributed by atoms with E-state index in [2.05, 4.69) is 12.0 Å². The Bertz CT molecular complexity index is 49.8. The second-order valence-corrected chi connectivity index (χ2v) is 3.58. The Kier molecular flexibility index (Phi) is 21.4. The van der Waals surface area contributed by atoms with Crippen LogP contribution < -0.4 is 0 Å². The fourth-order valence-corrected chi connectivity index (χ4v) is 1.67. The van der Waals surface area contributed by atoms with Crippen molar-refractivity contribution in [1.29, 1.82) is 0 Å². The molecule has 4 nitrogen and oxygen atoms in total. The standard InChI is InChI=1S/C4H9.H2O3.O.Sn/c1-3-4-2;1-3-2;;/h1,3-4H2,2H3;1-2H;;. The third-order valence-electron chi connectivity index (χ3n) is 0.632. The van der Waals surface area contributed by atoms with Gasteiger partial charge in [0.05, 0.1) is 0 Å². The van der Waals surface area contributed by atoms with E-state index < -0.39 is 21.1 Å². The molecule has 0 saturated carbocycles.